The molecule has 0 unspecified atom stereocenters. The molecule has 0 amide bonds. The number of nitriles is 1. The fourth-order valence-corrected chi connectivity index (χ4v) is 3.04. The first-order valence-corrected chi connectivity index (χ1v) is 8.11. The highest BCUT2D eigenvalue weighted by molar-refractivity contribution is 7.18. The third-order valence-electron chi connectivity index (χ3n) is 3.28. The third-order valence-corrected chi connectivity index (χ3v) is 4.32. The predicted octanol–water partition coefficient (Wildman–Crippen LogP) is 2.64. The average molecular weight is 375 g/mol. The molecule has 2 aromatic rings. The van der Waals surface area contributed by atoms with Gasteiger partial charge in [0.15, 0.2) is 0 Å². The number of hydrogen-bond acceptors (Lipinski definition) is 9. The molecule has 0 atom stereocenters. The highest BCUT2D eigenvalue weighted by Gasteiger charge is 2.26. The van der Waals surface area contributed by atoms with Crippen molar-refractivity contribution in [3.8, 4) is 6.07 Å². The highest BCUT2D eigenvalue weighted by Crippen LogP contribution is 2.32. The molecular formula is C16H13N3O6S. The monoisotopic (exact) mass is 375 g/mol. The molecule has 1 aromatic heterocycles. The summed E-state index contributed by atoms with van der Waals surface area (Å²) in [6, 6.07) is 7.15. The summed E-state index contributed by atoms with van der Waals surface area (Å²) >= 11 is 0.850. The Bertz CT molecular complexity index is 915. The summed E-state index contributed by atoms with van der Waals surface area (Å²) in [5, 5.41) is 20.3. The number of thiophene rings is 1. The molecule has 0 bridgehead atoms. The second-order valence-corrected chi connectivity index (χ2v) is 5.88. The average Bonchev–Trinajstić information content (AvgIpc) is 2.95. The number of esters is 2. The number of nitro benzene ring substituents is 1. The van der Waals surface area contributed by atoms with E-state index in [1.54, 1.807) is 6.92 Å². The molecule has 134 valence electrons. The summed E-state index contributed by atoms with van der Waals surface area (Å²) in [5.41, 5.74) is 5.20. The number of nitrogens with two attached hydrogens (primary N) is 1. The van der Waals surface area contributed by atoms with E-state index in [2.05, 4.69) is 0 Å². The van der Waals surface area contributed by atoms with Gasteiger partial charge in [-0.2, -0.15) is 5.26 Å². The first-order chi connectivity index (χ1) is 12.4. The van der Waals surface area contributed by atoms with Crippen LogP contribution in [-0.4, -0.2) is 23.5 Å². The number of benzene rings is 1. The smallest absolute Gasteiger partial charge is 0.348 e. The number of nitrogen functional groups attached to an aromatic ring is 1. The van der Waals surface area contributed by atoms with Crippen molar-refractivity contribution < 1.29 is 24.0 Å². The lowest BCUT2D eigenvalue weighted by Crippen LogP contribution is -2.11. The molecule has 1 heterocycles. The Hall–Kier alpha value is -3.45. The Kier molecular flexibility index (Phi) is 5.87. The van der Waals surface area contributed by atoms with E-state index < -0.39 is 29.2 Å². The van der Waals surface area contributed by atoms with Crippen LogP contribution in [0.2, 0.25) is 0 Å². The van der Waals surface area contributed by atoms with Crippen LogP contribution in [0.5, 0.6) is 0 Å². The van der Waals surface area contributed by atoms with Crippen LogP contribution in [0.1, 0.15) is 38.1 Å². The lowest BCUT2D eigenvalue weighted by Gasteiger charge is -2.07. The summed E-state index contributed by atoms with van der Waals surface area (Å²) in [7, 11) is 0. The van der Waals surface area contributed by atoms with Crippen LogP contribution >= 0.6 is 11.3 Å². The molecule has 0 aliphatic rings. The van der Waals surface area contributed by atoms with Gasteiger partial charge in [-0.05, 0) is 13.0 Å². The molecule has 0 aliphatic heterocycles. The molecule has 26 heavy (non-hydrogen) atoms. The standard InChI is InChI=1S/C16H13N3O6S/c1-2-24-16(21)13-11(10(7-17)14(18)26-13)8-25-15(20)9-5-3-4-6-12(9)19(22)23/h3-6H,2,8,18H2,1H3. The molecule has 2 N–H and O–H groups in total. The van der Waals surface area contributed by atoms with E-state index >= 15 is 0 Å². The van der Waals surface area contributed by atoms with Gasteiger partial charge in [0, 0.05) is 11.6 Å². The van der Waals surface area contributed by atoms with Gasteiger partial charge in [-0.25, -0.2) is 9.59 Å². The lowest BCUT2D eigenvalue weighted by molar-refractivity contribution is -0.385. The second-order valence-electron chi connectivity index (χ2n) is 4.83. The van der Waals surface area contributed by atoms with Crippen LogP contribution in [0.25, 0.3) is 0 Å². The maximum atomic E-state index is 12.2. The van der Waals surface area contributed by atoms with Crippen LogP contribution in [0.3, 0.4) is 0 Å². The van der Waals surface area contributed by atoms with Crippen molar-refractivity contribution in [3.63, 3.8) is 0 Å². The quantitative estimate of drug-likeness (QED) is 0.460. The van der Waals surface area contributed by atoms with E-state index in [9.17, 15) is 25.0 Å². The van der Waals surface area contributed by atoms with Crippen molar-refractivity contribution in [2.24, 2.45) is 0 Å². The first kappa shape index (κ1) is 18.9. The number of carbonyl (C=O) groups excluding carboxylic acids is 2. The van der Waals surface area contributed by atoms with Crippen LogP contribution in [0.4, 0.5) is 10.7 Å². The van der Waals surface area contributed by atoms with Gasteiger partial charge >= 0.3 is 11.9 Å². The van der Waals surface area contributed by atoms with Gasteiger partial charge in [0.25, 0.3) is 5.69 Å². The molecule has 0 aliphatic carbocycles. The molecule has 0 spiro atoms. The summed E-state index contributed by atoms with van der Waals surface area (Å²) in [6.07, 6.45) is 0. The number of hydrogen-bond donors (Lipinski definition) is 1. The summed E-state index contributed by atoms with van der Waals surface area (Å²) in [6.45, 7) is 1.29. The molecule has 2 rings (SSSR count). The van der Waals surface area contributed by atoms with Crippen LogP contribution in [0, 0.1) is 21.4 Å². The van der Waals surface area contributed by atoms with Crippen molar-refractivity contribution in [2.75, 3.05) is 12.3 Å². The summed E-state index contributed by atoms with van der Waals surface area (Å²) in [4.78, 5) is 34.5. The fraction of sp³-hybridized carbons (Fsp3) is 0.188. The third kappa shape index (κ3) is 3.79. The largest absolute Gasteiger partial charge is 0.462 e. The van der Waals surface area contributed by atoms with Gasteiger partial charge in [0.05, 0.1) is 17.1 Å². The Morgan fingerprint density at radius 3 is 2.62 bits per heavy atom. The number of carbonyl (C=O) groups is 2. The topological polar surface area (TPSA) is 146 Å². The molecule has 0 radical (unpaired) electrons. The van der Waals surface area contributed by atoms with Gasteiger partial charge in [-0.15, -0.1) is 11.3 Å². The van der Waals surface area contributed by atoms with E-state index in [4.69, 9.17) is 15.2 Å². The Labute approximate surface area is 151 Å². The van der Waals surface area contributed by atoms with E-state index in [1.165, 1.54) is 24.3 Å². The SMILES string of the molecule is CCOC(=O)c1sc(N)c(C#N)c1COC(=O)c1ccccc1[N+](=O)[O-]. The molecule has 0 saturated carbocycles. The van der Waals surface area contributed by atoms with Crippen LogP contribution in [0.15, 0.2) is 24.3 Å². The van der Waals surface area contributed by atoms with Crippen molar-refractivity contribution in [2.45, 2.75) is 13.5 Å². The Morgan fingerprint density at radius 2 is 2.00 bits per heavy atom. The Balaban J connectivity index is 2.30. The minimum Gasteiger partial charge on any atom is -0.462 e. The zero-order valence-electron chi connectivity index (χ0n) is 13.6. The number of ether oxygens (including phenoxy) is 2. The van der Waals surface area contributed by atoms with E-state index in [-0.39, 0.29) is 33.2 Å². The number of para-hydroxylation sites is 1. The Morgan fingerprint density at radius 1 is 1.31 bits per heavy atom. The van der Waals surface area contributed by atoms with Gasteiger partial charge in [0.2, 0.25) is 0 Å². The minimum absolute atomic E-state index is 0.00779. The number of nitro groups is 1. The fourth-order valence-electron chi connectivity index (χ4n) is 2.13. The van der Waals surface area contributed by atoms with Crippen molar-refractivity contribution in [1.82, 2.24) is 0 Å². The molecule has 0 fully saturated rings. The molecule has 0 saturated heterocycles. The molecule has 9 nitrogen and oxygen atoms in total. The maximum absolute atomic E-state index is 12.2. The van der Waals surface area contributed by atoms with Gasteiger partial charge in [-0.3, -0.25) is 10.1 Å². The number of rotatable bonds is 6. The number of anilines is 1. The van der Waals surface area contributed by atoms with Crippen LogP contribution < -0.4 is 5.73 Å². The van der Waals surface area contributed by atoms with E-state index in [0.29, 0.717) is 0 Å². The zero-order valence-corrected chi connectivity index (χ0v) is 14.4. The highest BCUT2D eigenvalue weighted by atomic mass is 32.1. The normalized spacial score (nSPS) is 10.0. The summed E-state index contributed by atoms with van der Waals surface area (Å²) < 4.78 is 9.98. The van der Waals surface area contributed by atoms with Crippen molar-refractivity contribution in [1.29, 1.82) is 5.26 Å². The van der Waals surface area contributed by atoms with Gasteiger partial charge in [-0.1, -0.05) is 12.1 Å². The number of nitrogens with zero attached hydrogens (tertiary/aromatic N) is 2. The zero-order chi connectivity index (χ0) is 19.3. The van der Waals surface area contributed by atoms with E-state index in [1.807, 2.05) is 6.07 Å². The molecule has 1 aromatic carbocycles. The van der Waals surface area contributed by atoms with Crippen molar-refractivity contribution in [3.05, 3.63) is 55.9 Å². The lowest BCUT2D eigenvalue weighted by atomic mass is 10.1. The molecule has 10 heteroatoms. The van der Waals surface area contributed by atoms with E-state index in [0.717, 1.165) is 11.3 Å². The second kappa shape index (κ2) is 8.09. The maximum Gasteiger partial charge on any atom is 0.348 e. The first-order valence-electron chi connectivity index (χ1n) is 7.29. The minimum atomic E-state index is -0.958. The molecular weight excluding hydrogens is 362 g/mol. The van der Waals surface area contributed by atoms with Crippen molar-refractivity contribution >= 4 is 34.0 Å². The summed E-state index contributed by atoms with van der Waals surface area (Å²) in [5.74, 6) is -1.65. The van der Waals surface area contributed by atoms with Gasteiger partial charge in [0.1, 0.15) is 28.1 Å². The predicted molar refractivity (Wildman–Crippen MR) is 91.6 cm³/mol. The van der Waals surface area contributed by atoms with Crippen LogP contribution in [-0.2, 0) is 16.1 Å². The van der Waals surface area contributed by atoms with Gasteiger partial charge < -0.3 is 15.2 Å².